The van der Waals surface area contributed by atoms with Crippen LogP contribution in [0.3, 0.4) is 0 Å². The van der Waals surface area contributed by atoms with Crippen molar-refractivity contribution in [3.8, 4) is 5.88 Å². The lowest BCUT2D eigenvalue weighted by molar-refractivity contribution is 0.326. The van der Waals surface area contributed by atoms with Gasteiger partial charge in [-0.25, -0.2) is 4.98 Å². The topological polar surface area (TPSA) is 22.1 Å². The van der Waals surface area contributed by atoms with E-state index < -0.39 is 0 Å². The third-order valence-electron chi connectivity index (χ3n) is 1.56. The van der Waals surface area contributed by atoms with Crippen molar-refractivity contribution in [2.45, 2.75) is 25.6 Å². The molecule has 3 heteroatoms. The Labute approximate surface area is 83.9 Å². The summed E-state index contributed by atoms with van der Waals surface area (Å²) in [7, 11) is 0. The Balaban J connectivity index is 2.67. The SMILES string of the molecule is CCOc1cccc(CC(C)Cl)n1. The van der Waals surface area contributed by atoms with E-state index in [1.165, 1.54) is 0 Å². The number of ether oxygens (including phenoxy) is 1. The van der Waals surface area contributed by atoms with Crippen LogP contribution in [0.25, 0.3) is 0 Å². The number of hydrogen-bond acceptors (Lipinski definition) is 2. The molecule has 1 unspecified atom stereocenters. The van der Waals surface area contributed by atoms with Gasteiger partial charge in [0, 0.05) is 23.6 Å². The van der Waals surface area contributed by atoms with Gasteiger partial charge in [0.05, 0.1) is 6.61 Å². The summed E-state index contributed by atoms with van der Waals surface area (Å²) in [6.45, 7) is 4.54. The molecule has 72 valence electrons. The van der Waals surface area contributed by atoms with Crippen LogP contribution in [0.15, 0.2) is 18.2 Å². The zero-order valence-corrected chi connectivity index (χ0v) is 8.71. The molecule has 0 aliphatic rings. The minimum Gasteiger partial charge on any atom is -0.478 e. The highest BCUT2D eigenvalue weighted by Crippen LogP contribution is 2.10. The second-order valence-corrected chi connectivity index (χ2v) is 3.63. The standard InChI is InChI=1S/C10H14ClNO/c1-3-13-10-6-4-5-9(12-10)7-8(2)11/h4-6,8H,3,7H2,1-2H3. The van der Waals surface area contributed by atoms with Crippen molar-refractivity contribution < 1.29 is 4.74 Å². The predicted molar refractivity (Wildman–Crippen MR) is 54.4 cm³/mol. The normalized spacial score (nSPS) is 12.5. The van der Waals surface area contributed by atoms with Crippen molar-refractivity contribution in [3.05, 3.63) is 23.9 Å². The highest BCUT2D eigenvalue weighted by molar-refractivity contribution is 6.20. The highest BCUT2D eigenvalue weighted by Gasteiger charge is 2.01. The second kappa shape index (κ2) is 5.07. The lowest BCUT2D eigenvalue weighted by Crippen LogP contribution is -2.01. The summed E-state index contributed by atoms with van der Waals surface area (Å²) in [6.07, 6.45) is 0.780. The molecule has 0 aliphatic heterocycles. The summed E-state index contributed by atoms with van der Waals surface area (Å²) in [5, 5.41) is 0.115. The fraction of sp³-hybridized carbons (Fsp3) is 0.500. The van der Waals surface area contributed by atoms with Crippen molar-refractivity contribution >= 4 is 11.6 Å². The minimum absolute atomic E-state index is 0.115. The summed E-state index contributed by atoms with van der Waals surface area (Å²) >= 11 is 5.86. The maximum absolute atomic E-state index is 5.86. The first kappa shape index (κ1) is 10.3. The fourth-order valence-electron chi connectivity index (χ4n) is 1.09. The van der Waals surface area contributed by atoms with Gasteiger partial charge in [0.2, 0.25) is 5.88 Å². The summed E-state index contributed by atoms with van der Waals surface area (Å²) in [5.41, 5.74) is 0.980. The molecule has 13 heavy (non-hydrogen) atoms. The lowest BCUT2D eigenvalue weighted by atomic mass is 10.2. The van der Waals surface area contributed by atoms with Crippen molar-refractivity contribution in [1.82, 2.24) is 4.98 Å². The number of halogens is 1. The van der Waals surface area contributed by atoms with E-state index in [4.69, 9.17) is 16.3 Å². The van der Waals surface area contributed by atoms with Gasteiger partial charge >= 0.3 is 0 Å². The van der Waals surface area contributed by atoms with E-state index in [1.807, 2.05) is 32.0 Å². The highest BCUT2D eigenvalue weighted by atomic mass is 35.5. The van der Waals surface area contributed by atoms with Gasteiger partial charge in [-0.3, -0.25) is 0 Å². The average molecular weight is 200 g/mol. The second-order valence-electron chi connectivity index (χ2n) is 2.89. The zero-order chi connectivity index (χ0) is 9.68. The average Bonchev–Trinajstić information content (AvgIpc) is 2.04. The Morgan fingerprint density at radius 3 is 2.92 bits per heavy atom. The molecule has 0 fully saturated rings. The van der Waals surface area contributed by atoms with Crippen molar-refractivity contribution in [2.75, 3.05) is 6.61 Å². The molecule has 0 N–H and O–H groups in total. The molecule has 0 saturated heterocycles. The monoisotopic (exact) mass is 199 g/mol. The minimum atomic E-state index is 0.115. The van der Waals surface area contributed by atoms with Gasteiger partial charge in [-0.1, -0.05) is 6.07 Å². The van der Waals surface area contributed by atoms with Crippen molar-refractivity contribution in [1.29, 1.82) is 0 Å². The Morgan fingerprint density at radius 2 is 2.31 bits per heavy atom. The number of rotatable bonds is 4. The molecule has 1 atom stereocenters. The van der Waals surface area contributed by atoms with Crippen LogP contribution in [0.4, 0.5) is 0 Å². The molecule has 2 nitrogen and oxygen atoms in total. The van der Waals surface area contributed by atoms with E-state index >= 15 is 0 Å². The van der Waals surface area contributed by atoms with Crippen LogP contribution in [0.5, 0.6) is 5.88 Å². The number of aromatic nitrogens is 1. The van der Waals surface area contributed by atoms with Crippen LogP contribution >= 0.6 is 11.6 Å². The zero-order valence-electron chi connectivity index (χ0n) is 7.96. The third-order valence-corrected chi connectivity index (χ3v) is 1.72. The van der Waals surface area contributed by atoms with Gasteiger partial charge in [0.25, 0.3) is 0 Å². The van der Waals surface area contributed by atoms with Gasteiger partial charge in [-0.2, -0.15) is 0 Å². The summed E-state index contributed by atoms with van der Waals surface area (Å²) in [6, 6.07) is 5.75. The molecule has 1 heterocycles. The van der Waals surface area contributed by atoms with Gasteiger partial charge < -0.3 is 4.74 Å². The molecule has 0 amide bonds. The lowest BCUT2D eigenvalue weighted by Gasteiger charge is -2.05. The van der Waals surface area contributed by atoms with Crippen LogP contribution in [-0.4, -0.2) is 17.0 Å². The fourth-order valence-corrected chi connectivity index (χ4v) is 1.25. The summed E-state index contributed by atoms with van der Waals surface area (Å²) in [5.74, 6) is 0.678. The Morgan fingerprint density at radius 1 is 1.54 bits per heavy atom. The molecule has 0 aromatic carbocycles. The number of pyridine rings is 1. The Kier molecular flexibility index (Phi) is 4.03. The van der Waals surface area contributed by atoms with Crippen LogP contribution in [-0.2, 0) is 6.42 Å². The number of nitrogens with zero attached hydrogens (tertiary/aromatic N) is 1. The molecule has 0 saturated carbocycles. The Bertz CT molecular complexity index is 263. The van der Waals surface area contributed by atoms with Crippen LogP contribution < -0.4 is 4.74 Å². The molecular formula is C10H14ClNO. The van der Waals surface area contributed by atoms with E-state index in [-0.39, 0.29) is 5.38 Å². The van der Waals surface area contributed by atoms with Crippen molar-refractivity contribution in [2.24, 2.45) is 0 Å². The quantitative estimate of drug-likeness (QED) is 0.696. The number of alkyl halides is 1. The smallest absolute Gasteiger partial charge is 0.213 e. The van der Waals surface area contributed by atoms with E-state index in [1.54, 1.807) is 0 Å². The molecule has 1 aromatic rings. The van der Waals surface area contributed by atoms with Gasteiger partial charge in [-0.05, 0) is 19.9 Å². The summed E-state index contributed by atoms with van der Waals surface area (Å²) in [4.78, 5) is 4.30. The first-order chi connectivity index (χ1) is 6.22. The first-order valence-corrected chi connectivity index (χ1v) is 4.88. The third kappa shape index (κ3) is 3.64. The molecule has 0 bridgehead atoms. The molecule has 0 spiro atoms. The molecule has 1 aromatic heterocycles. The van der Waals surface area contributed by atoms with Crippen LogP contribution in [0.1, 0.15) is 19.5 Å². The predicted octanol–water partition coefficient (Wildman–Crippen LogP) is 2.65. The molecule has 0 radical (unpaired) electrons. The van der Waals surface area contributed by atoms with Crippen molar-refractivity contribution in [3.63, 3.8) is 0 Å². The van der Waals surface area contributed by atoms with Gasteiger partial charge in [0.1, 0.15) is 0 Å². The van der Waals surface area contributed by atoms with Gasteiger partial charge in [-0.15, -0.1) is 11.6 Å². The molecule has 1 rings (SSSR count). The van der Waals surface area contributed by atoms with Gasteiger partial charge in [0.15, 0.2) is 0 Å². The molecular weight excluding hydrogens is 186 g/mol. The summed E-state index contributed by atoms with van der Waals surface area (Å²) < 4.78 is 5.27. The van der Waals surface area contributed by atoms with Crippen LogP contribution in [0.2, 0.25) is 0 Å². The number of hydrogen-bond donors (Lipinski definition) is 0. The maximum atomic E-state index is 5.86. The van der Waals surface area contributed by atoms with E-state index in [2.05, 4.69) is 4.98 Å². The van der Waals surface area contributed by atoms with E-state index in [9.17, 15) is 0 Å². The Hall–Kier alpha value is -0.760. The van der Waals surface area contributed by atoms with Crippen LogP contribution in [0, 0.1) is 0 Å². The van der Waals surface area contributed by atoms with E-state index in [0.717, 1.165) is 12.1 Å². The van der Waals surface area contributed by atoms with E-state index in [0.29, 0.717) is 12.5 Å². The maximum Gasteiger partial charge on any atom is 0.213 e. The first-order valence-electron chi connectivity index (χ1n) is 4.45. The largest absolute Gasteiger partial charge is 0.478 e. The molecule has 0 aliphatic carbocycles.